The van der Waals surface area contributed by atoms with Crippen LogP contribution in [0.25, 0.3) is 0 Å². The van der Waals surface area contributed by atoms with E-state index in [9.17, 15) is 0 Å². The van der Waals surface area contributed by atoms with E-state index in [1.54, 1.807) is 0 Å². The van der Waals surface area contributed by atoms with E-state index in [0.717, 1.165) is 25.9 Å². The number of hydrogen-bond donors (Lipinski definition) is 0. The van der Waals surface area contributed by atoms with Gasteiger partial charge in [-0.2, -0.15) is 5.26 Å². The second-order valence-corrected chi connectivity index (χ2v) is 3.62. The molecule has 1 saturated carbocycles. The topological polar surface area (TPSA) is 27.0 Å². The SMILES string of the molecule is CC.CN1CC=C(C2(C#N)CC2)C1. The van der Waals surface area contributed by atoms with Crippen LogP contribution in [-0.2, 0) is 0 Å². The molecule has 0 radical (unpaired) electrons. The fourth-order valence-corrected chi connectivity index (χ4v) is 1.66. The summed E-state index contributed by atoms with van der Waals surface area (Å²) in [5.41, 5.74) is 1.34. The quantitative estimate of drug-likeness (QED) is 0.575. The van der Waals surface area contributed by atoms with Gasteiger partial charge in [-0.05, 0) is 25.5 Å². The van der Waals surface area contributed by atoms with E-state index in [0.29, 0.717) is 0 Å². The van der Waals surface area contributed by atoms with Crippen molar-refractivity contribution in [2.24, 2.45) is 5.41 Å². The van der Waals surface area contributed by atoms with Crippen LogP contribution >= 0.6 is 0 Å². The largest absolute Gasteiger partial charge is 0.299 e. The number of hydrogen-bond acceptors (Lipinski definition) is 2. The fourth-order valence-electron chi connectivity index (χ4n) is 1.66. The number of nitrogens with zero attached hydrogens (tertiary/aromatic N) is 2. The van der Waals surface area contributed by atoms with Crippen LogP contribution in [0.15, 0.2) is 11.6 Å². The van der Waals surface area contributed by atoms with Gasteiger partial charge in [0.25, 0.3) is 0 Å². The van der Waals surface area contributed by atoms with E-state index in [2.05, 4.69) is 24.1 Å². The number of likely N-dealkylation sites (N-methyl/N-ethyl adjacent to an activating group) is 1. The van der Waals surface area contributed by atoms with Gasteiger partial charge in [-0.15, -0.1) is 0 Å². The third-order valence-corrected chi connectivity index (χ3v) is 2.67. The molecule has 2 rings (SSSR count). The normalized spacial score (nSPS) is 24.0. The molecular formula is C11H18N2. The van der Waals surface area contributed by atoms with E-state index in [4.69, 9.17) is 5.26 Å². The zero-order valence-electron chi connectivity index (χ0n) is 8.80. The molecule has 0 amide bonds. The molecule has 0 N–H and O–H groups in total. The molecule has 0 saturated heterocycles. The smallest absolute Gasteiger partial charge is 0.0796 e. The Kier molecular flexibility index (Phi) is 3.11. The van der Waals surface area contributed by atoms with Gasteiger partial charge < -0.3 is 0 Å². The summed E-state index contributed by atoms with van der Waals surface area (Å²) in [7, 11) is 2.09. The van der Waals surface area contributed by atoms with Crippen molar-refractivity contribution in [1.82, 2.24) is 4.90 Å². The van der Waals surface area contributed by atoms with Crippen LogP contribution in [0.5, 0.6) is 0 Å². The van der Waals surface area contributed by atoms with Gasteiger partial charge in [-0.1, -0.05) is 19.9 Å². The summed E-state index contributed by atoms with van der Waals surface area (Å²) in [6.07, 6.45) is 4.39. The standard InChI is InChI=1S/C9H12N2.C2H6/c1-11-5-2-8(6-11)9(7-10)3-4-9;1-2/h2H,3-6H2,1H3;1-2H3. The molecule has 0 atom stereocenters. The van der Waals surface area contributed by atoms with Crippen LogP contribution in [0.3, 0.4) is 0 Å². The molecule has 1 fully saturated rings. The van der Waals surface area contributed by atoms with Crippen molar-refractivity contribution < 1.29 is 0 Å². The Hall–Kier alpha value is -0.810. The van der Waals surface area contributed by atoms with E-state index in [1.165, 1.54) is 5.57 Å². The zero-order chi connectivity index (χ0) is 9.90. The Balaban J connectivity index is 0.000000396. The van der Waals surface area contributed by atoms with Crippen molar-refractivity contribution in [1.29, 1.82) is 5.26 Å². The Labute approximate surface area is 80.8 Å². The van der Waals surface area contributed by atoms with Gasteiger partial charge in [0.15, 0.2) is 0 Å². The maximum Gasteiger partial charge on any atom is 0.0796 e. The molecule has 72 valence electrons. The number of nitriles is 1. The summed E-state index contributed by atoms with van der Waals surface area (Å²) in [6.45, 7) is 6.03. The van der Waals surface area contributed by atoms with Crippen LogP contribution in [0.4, 0.5) is 0 Å². The summed E-state index contributed by atoms with van der Waals surface area (Å²) in [4.78, 5) is 2.24. The van der Waals surface area contributed by atoms with E-state index in [-0.39, 0.29) is 5.41 Å². The minimum atomic E-state index is -0.0231. The highest BCUT2D eigenvalue weighted by atomic mass is 15.1. The highest BCUT2D eigenvalue weighted by Crippen LogP contribution is 2.52. The third-order valence-electron chi connectivity index (χ3n) is 2.67. The fraction of sp³-hybridized carbons (Fsp3) is 0.727. The first-order valence-corrected chi connectivity index (χ1v) is 5.06. The maximum absolute atomic E-state index is 8.89. The van der Waals surface area contributed by atoms with Crippen molar-refractivity contribution in [2.45, 2.75) is 26.7 Å². The molecule has 1 heterocycles. The molecule has 0 bridgehead atoms. The summed E-state index contributed by atoms with van der Waals surface area (Å²) in [6, 6.07) is 2.42. The van der Waals surface area contributed by atoms with Gasteiger partial charge in [-0.3, -0.25) is 4.90 Å². The molecule has 0 spiro atoms. The van der Waals surface area contributed by atoms with Crippen molar-refractivity contribution in [3.8, 4) is 6.07 Å². The van der Waals surface area contributed by atoms with Gasteiger partial charge in [0.05, 0.1) is 11.5 Å². The second kappa shape index (κ2) is 3.93. The molecule has 2 heteroatoms. The monoisotopic (exact) mass is 178 g/mol. The average Bonchev–Trinajstić information content (AvgIpc) is 2.87. The summed E-state index contributed by atoms with van der Waals surface area (Å²) < 4.78 is 0. The maximum atomic E-state index is 8.89. The highest BCUT2D eigenvalue weighted by Gasteiger charge is 2.47. The van der Waals surface area contributed by atoms with E-state index < -0.39 is 0 Å². The molecule has 1 aliphatic heterocycles. The Morgan fingerprint density at radius 1 is 1.46 bits per heavy atom. The van der Waals surface area contributed by atoms with Crippen LogP contribution in [0.2, 0.25) is 0 Å². The lowest BCUT2D eigenvalue weighted by molar-refractivity contribution is 0.420. The Morgan fingerprint density at radius 3 is 2.38 bits per heavy atom. The molecule has 2 aliphatic rings. The van der Waals surface area contributed by atoms with Crippen LogP contribution < -0.4 is 0 Å². The number of rotatable bonds is 1. The minimum absolute atomic E-state index is 0.0231. The predicted molar refractivity (Wildman–Crippen MR) is 54.2 cm³/mol. The first-order valence-electron chi connectivity index (χ1n) is 5.06. The molecule has 2 nitrogen and oxygen atoms in total. The zero-order valence-corrected chi connectivity index (χ0v) is 8.80. The lowest BCUT2D eigenvalue weighted by Crippen LogP contribution is -2.16. The molecule has 0 aromatic heterocycles. The lowest BCUT2D eigenvalue weighted by atomic mass is 9.99. The van der Waals surface area contributed by atoms with E-state index in [1.807, 2.05) is 13.8 Å². The van der Waals surface area contributed by atoms with Crippen LogP contribution in [0, 0.1) is 16.7 Å². The molecular weight excluding hydrogens is 160 g/mol. The van der Waals surface area contributed by atoms with Gasteiger partial charge in [-0.25, -0.2) is 0 Å². The molecule has 0 aromatic rings. The minimum Gasteiger partial charge on any atom is -0.299 e. The van der Waals surface area contributed by atoms with Crippen molar-refractivity contribution in [3.05, 3.63) is 11.6 Å². The van der Waals surface area contributed by atoms with Gasteiger partial charge >= 0.3 is 0 Å². The van der Waals surface area contributed by atoms with Crippen molar-refractivity contribution in [2.75, 3.05) is 20.1 Å². The van der Waals surface area contributed by atoms with Gasteiger partial charge in [0.1, 0.15) is 0 Å². The second-order valence-electron chi connectivity index (χ2n) is 3.62. The van der Waals surface area contributed by atoms with E-state index >= 15 is 0 Å². The molecule has 0 unspecified atom stereocenters. The lowest BCUT2D eigenvalue weighted by Gasteiger charge is -2.10. The predicted octanol–water partition coefficient (Wildman–Crippen LogP) is 2.19. The van der Waals surface area contributed by atoms with Gasteiger partial charge in [0, 0.05) is 13.1 Å². The molecule has 1 aliphatic carbocycles. The van der Waals surface area contributed by atoms with Gasteiger partial charge in [0.2, 0.25) is 0 Å². The third kappa shape index (κ3) is 1.92. The summed E-state index contributed by atoms with van der Waals surface area (Å²) >= 11 is 0. The Morgan fingerprint density at radius 2 is 2.08 bits per heavy atom. The average molecular weight is 178 g/mol. The summed E-state index contributed by atoms with van der Waals surface area (Å²) in [5, 5.41) is 8.89. The van der Waals surface area contributed by atoms with Crippen LogP contribution in [-0.4, -0.2) is 25.0 Å². The molecule has 0 aromatic carbocycles. The first-order chi connectivity index (χ1) is 6.27. The first kappa shape index (κ1) is 10.3. The molecule has 13 heavy (non-hydrogen) atoms. The Bertz CT molecular complexity index is 243. The summed E-state index contributed by atoms with van der Waals surface area (Å²) in [5.74, 6) is 0. The highest BCUT2D eigenvalue weighted by molar-refractivity contribution is 5.34. The van der Waals surface area contributed by atoms with Crippen molar-refractivity contribution >= 4 is 0 Å². The van der Waals surface area contributed by atoms with Crippen molar-refractivity contribution in [3.63, 3.8) is 0 Å². The van der Waals surface area contributed by atoms with Crippen LogP contribution in [0.1, 0.15) is 26.7 Å².